The van der Waals surface area contributed by atoms with Crippen molar-refractivity contribution >= 4 is 27.0 Å². The van der Waals surface area contributed by atoms with Gasteiger partial charge in [-0.05, 0) is 18.2 Å². The van der Waals surface area contributed by atoms with E-state index in [1.165, 1.54) is 16.4 Å². The highest BCUT2D eigenvalue weighted by molar-refractivity contribution is 7.89. The van der Waals surface area contributed by atoms with Crippen molar-refractivity contribution in [3.63, 3.8) is 0 Å². The van der Waals surface area contributed by atoms with Crippen LogP contribution in [0.2, 0.25) is 0 Å². The average molecular weight is 326 g/mol. The zero-order valence-electron chi connectivity index (χ0n) is 11.3. The van der Waals surface area contributed by atoms with E-state index in [1.54, 1.807) is 0 Å². The number of hydrogen-bond donors (Lipinski definition) is 1. The second-order valence-corrected chi connectivity index (χ2v) is 6.64. The summed E-state index contributed by atoms with van der Waals surface area (Å²) in [6, 6.07) is 3.78. The Morgan fingerprint density at radius 1 is 1.32 bits per heavy atom. The Hall–Kier alpha value is -2.17. The van der Waals surface area contributed by atoms with Crippen molar-refractivity contribution in [3.8, 4) is 0 Å². The molecule has 10 heteroatoms. The smallest absolute Gasteiger partial charge is 0.371 e. The molecule has 0 aliphatic carbocycles. The number of nitrogens with zero attached hydrogens (tertiary/aromatic N) is 3. The summed E-state index contributed by atoms with van der Waals surface area (Å²) in [5.41, 5.74) is 0.0417. The maximum Gasteiger partial charge on any atom is 0.371 e. The van der Waals surface area contributed by atoms with Gasteiger partial charge in [0.25, 0.3) is 0 Å². The number of aromatic carboxylic acids is 1. The molecule has 1 fully saturated rings. The molecule has 3 rings (SSSR count). The first-order valence-electron chi connectivity index (χ1n) is 6.42. The molecule has 0 spiro atoms. The van der Waals surface area contributed by atoms with Gasteiger partial charge in [-0.1, -0.05) is 0 Å². The summed E-state index contributed by atoms with van der Waals surface area (Å²) in [5, 5.41) is 20.7. The zero-order chi connectivity index (χ0) is 15.9. The number of ether oxygens (including phenoxy) is 1. The lowest BCUT2D eigenvalue weighted by molar-refractivity contribution is 0.0682. The van der Waals surface area contributed by atoms with E-state index in [1.807, 2.05) is 0 Å². The number of hydrogen-bond acceptors (Lipinski definition) is 6. The third-order valence-corrected chi connectivity index (χ3v) is 5.28. The molecule has 1 saturated heterocycles. The summed E-state index contributed by atoms with van der Waals surface area (Å²) in [6.45, 7) is 1.09. The molecule has 118 valence electrons. The second kappa shape index (κ2) is 5.23. The highest BCUT2D eigenvalue weighted by Crippen LogP contribution is 2.23. The van der Waals surface area contributed by atoms with Crippen molar-refractivity contribution in [1.29, 1.82) is 0 Å². The molecule has 1 aliphatic rings. The normalized spacial score (nSPS) is 16.9. The summed E-state index contributed by atoms with van der Waals surface area (Å²) in [7, 11) is -3.76. The van der Waals surface area contributed by atoms with Crippen LogP contribution in [0.25, 0.3) is 11.0 Å². The lowest BCUT2D eigenvalue weighted by Crippen LogP contribution is -2.40. The van der Waals surface area contributed by atoms with Crippen molar-refractivity contribution < 1.29 is 23.1 Å². The molecule has 1 aromatic carbocycles. The Morgan fingerprint density at radius 3 is 2.64 bits per heavy atom. The molecule has 0 unspecified atom stereocenters. The Balaban J connectivity index is 2.08. The molecule has 0 atom stereocenters. The number of sulfonamides is 1. The van der Waals surface area contributed by atoms with E-state index >= 15 is 0 Å². The molecule has 1 aliphatic heterocycles. The minimum Gasteiger partial charge on any atom is -0.804 e. The molecular formula is C12H12N3O6S-. The SMILES string of the molecule is O=C(O)c1nc2ccc(S(=O)(=O)N3CCOCC3)cc2n1[O-]. The highest BCUT2D eigenvalue weighted by Gasteiger charge is 2.27. The number of carboxylic acids is 1. The Kier molecular flexibility index (Phi) is 3.51. The van der Waals surface area contributed by atoms with Gasteiger partial charge >= 0.3 is 5.97 Å². The van der Waals surface area contributed by atoms with Crippen LogP contribution in [0.4, 0.5) is 0 Å². The summed E-state index contributed by atoms with van der Waals surface area (Å²) >= 11 is 0. The Labute approximate surface area is 125 Å². The van der Waals surface area contributed by atoms with E-state index in [-0.39, 0.29) is 33.7 Å². The van der Waals surface area contributed by atoms with Gasteiger partial charge in [-0.3, -0.25) is 0 Å². The van der Waals surface area contributed by atoms with Gasteiger partial charge in [-0.25, -0.2) is 18.2 Å². The van der Waals surface area contributed by atoms with Crippen molar-refractivity contribution in [2.75, 3.05) is 26.3 Å². The standard InChI is InChI=1S/C12H12N3O6S/c16-12(17)11-13-9-2-1-8(7-10(9)15(11)18)22(19,20)14-3-5-21-6-4-14/h1-2,7H,3-6H2,(H,16,17)/q-1. The molecule has 22 heavy (non-hydrogen) atoms. The first kappa shape index (κ1) is 14.8. The van der Waals surface area contributed by atoms with E-state index in [4.69, 9.17) is 9.84 Å². The van der Waals surface area contributed by atoms with Gasteiger partial charge in [0.1, 0.15) is 0 Å². The molecule has 2 aromatic rings. The van der Waals surface area contributed by atoms with Gasteiger partial charge < -0.3 is 19.8 Å². The molecule has 1 N–H and O–H groups in total. The van der Waals surface area contributed by atoms with Gasteiger partial charge in [0.05, 0.1) is 29.1 Å². The number of carboxylic acid groups (broad SMARTS) is 1. The molecular weight excluding hydrogens is 314 g/mol. The lowest BCUT2D eigenvalue weighted by Gasteiger charge is -2.26. The van der Waals surface area contributed by atoms with Gasteiger partial charge in [0.2, 0.25) is 15.8 Å². The van der Waals surface area contributed by atoms with Crippen LogP contribution < -0.4 is 0 Å². The monoisotopic (exact) mass is 326 g/mol. The molecule has 0 radical (unpaired) electrons. The number of carbonyl (C=O) groups is 1. The summed E-state index contributed by atoms with van der Waals surface area (Å²) in [4.78, 5) is 14.5. The van der Waals surface area contributed by atoms with Crippen molar-refractivity contribution in [2.24, 2.45) is 0 Å². The molecule has 1 aromatic heterocycles. The van der Waals surface area contributed by atoms with E-state index in [2.05, 4.69) is 4.98 Å². The molecule has 0 amide bonds. The Morgan fingerprint density at radius 2 is 2.00 bits per heavy atom. The number of imidazole rings is 1. The van der Waals surface area contributed by atoms with Gasteiger partial charge in [-0.15, -0.1) is 0 Å². The van der Waals surface area contributed by atoms with Crippen molar-refractivity contribution in [1.82, 2.24) is 14.0 Å². The summed E-state index contributed by atoms with van der Waals surface area (Å²) in [6.07, 6.45) is 0. The number of rotatable bonds is 3. The van der Waals surface area contributed by atoms with E-state index < -0.39 is 21.8 Å². The first-order chi connectivity index (χ1) is 10.4. The number of aromatic nitrogens is 2. The Bertz CT molecular complexity index is 838. The minimum atomic E-state index is -3.76. The molecule has 9 nitrogen and oxygen atoms in total. The number of benzene rings is 1. The third kappa shape index (κ3) is 2.30. The van der Waals surface area contributed by atoms with Crippen LogP contribution in [-0.2, 0) is 14.8 Å². The summed E-state index contributed by atoms with van der Waals surface area (Å²) in [5.74, 6) is -2.15. The van der Waals surface area contributed by atoms with E-state index in [0.717, 1.165) is 6.07 Å². The van der Waals surface area contributed by atoms with Crippen LogP contribution >= 0.6 is 0 Å². The molecule has 0 bridgehead atoms. The fourth-order valence-corrected chi connectivity index (χ4v) is 3.69. The molecule has 0 saturated carbocycles. The van der Waals surface area contributed by atoms with Crippen LogP contribution in [0.3, 0.4) is 0 Å². The largest absolute Gasteiger partial charge is 0.804 e. The van der Waals surface area contributed by atoms with Crippen LogP contribution in [0, 0.1) is 5.21 Å². The predicted octanol–water partition coefficient (Wildman–Crippen LogP) is 0.101. The second-order valence-electron chi connectivity index (χ2n) is 4.70. The maximum atomic E-state index is 12.5. The van der Waals surface area contributed by atoms with E-state index in [0.29, 0.717) is 13.2 Å². The van der Waals surface area contributed by atoms with Gasteiger partial charge in [0, 0.05) is 13.1 Å². The highest BCUT2D eigenvalue weighted by atomic mass is 32.2. The fraction of sp³-hybridized carbons (Fsp3) is 0.333. The lowest BCUT2D eigenvalue weighted by atomic mass is 10.3. The average Bonchev–Trinajstić information content (AvgIpc) is 2.85. The topological polar surface area (TPSA) is 125 Å². The minimum absolute atomic E-state index is 0.0733. The van der Waals surface area contributed by atoms with Crippen molar-refractivity contribution in [2.45, 2.75) is 4.90 Å². The number of fused-ring (bicyclic) bond motifs is 1. The first-order valence-corrected chi connectivity index (χ1v) is 7.86. The van der Waals surface area contributed by atoms with E-state index in [9.17, 15) is 18.4 Å². The number of morpholine rings is 1. The van der Waals surface area contributed by atoms with Crippen LogP contribution in [0.5, 0.6) is 0 Å². The van der Waals surface area contributed by atoms with Crippen LogP contribution in [0.15, 0.2) is 23.1 Å². The van der Waals surface area contributed by atoms with Gasteiger partial charge in [0.15, 0.2) is 0 Å². The van der Waals surface area contributed by atoms with Crippen LogP contribution in [-0.4, -0.2) is 59.8 Å². The maximum absolute atomic E-state index is 12.5. The molecule has 2 heterocycles. The van der Waals surface area contributed by atoms with Crippen LogP contribution in [0.1, 0.15) is 10.6 Å². The quantitative estimate of drug-likeness (QED) is 0.848. The fourth-order valence-electron chi connectivity index (χ4n) is 2.27. The summed E-state index contributed by atoms with van der Waals surface area (Å²) < 4.78 is 31.5. The predicted molar refractivity (Wildman–Crippen MR) is 75.0 cm³/mol. The third-order valence-electron chi connectivity index (χ3n) is 3.38. The van der Waals surface area contributed by atoms with Crippen molar-refractivity contribution in [3.05, 3.63) is 29.2 Å². The zero-order valence-corrected chi connectivity index (χ0v) is 12.1. The van der Waals surface area contributed by atoms with Gasteiger partial charge in [-0.2, -0.15) is 4.31 Å².